The zero-order valence-electron chi connectivity index (χ0n) is 20.5. The largest absolute Gasteiger partial charge is 0.494 e. The average Bonchev–Trinajstić information content (AvgIpc) is 3.22. The number of hydrogen-bond donors (Lipinski definition) is 1. The second kappa shape index (κ2) is 11.2. The summed E-state index contributed by atoms with van der Waals surface area (Å²) in [5.41, 5.74) is 0.266. The van der Waals surface area contributed by atoms with Crippen LogP contribution in [0.5, 0.6) is 11.5 Å². The van der Waals surface area contributed by atoms with Gasteiger partial charge in [0.1, 0.15) is 28.8 Å². The SMILES string of the molecule is COc1cccc(OC)c1-n1c(CC(C)(C)OC)nnc1NSC(C)C(C)c1ncc(Cl)cn1. The smallest absolute Gasteiger partial charge is 0.239 e. The van der Waals surface area contributed by atoms with Gasteiger partial charge < -0.3 is 14.2 Å². The van der Waals surface area contributed by atoms with Crippen LogP contribution >= 0.6 is 23.5 Å². The van der Waals surface area contributed by atoms with Crippen LogP contribution in [0.4, 0.5) is 5.95 Å². The first-order valence-corrected chi connectivity index (χ1v) is 12.1. The van der Waals surface area contributed by atoms with E-state index in [4.69, 9.17) is 25.8 Å². The molecule has 34 heavy (non-hydrogen) atoms. The monoisotopic (exact) mass is 506 g/mol. The zero-order valence-corrected chi connectivity index (χ0v) is 22.1. The normalized spacial score (nSPS) is 13.4. The average molecular weight is 507 g/mol. The molecule has 0 amide bonds. The van der Waals surface area contributed by atoms with E-state index in [1.54, 1.807) is 33.7 Å². The number of methoxy groups -OCH3 is 3. The summed E-state index contributed by atoms with van der Waals surface area (Å²) in [6.45, 7) is 8.18. The van der Waals surface area contributed by atoms with Crippen molar-refractivity contribution in [2.24, 2.45) is 0 Å². The maximum atomic E-state index is 5.93. The Hall–Kier alpha value is -2.56. The van der Waals surface area contributed by atoms with Crippen molar-refractivity contribution < 1.29 is 14.2 Å². The van der Waals surface area contributed by atoms with Crippen LogP contribution in [-0.2, 0) is 11.2 Å². The van der Waals surface area contributed by atoms with Gasteiger partial charge in [0.15, 0.2) is 0 Å². The summed E-state index contributed by atoms with van der Waals surface area (Å²) in [6.07, 6.45) is 3.74. The summed E-state index contributed by atoms with van der Waals surface area (Å²) in [5.74, 6) is 3.32. The van der Waals surface area contributed by atoms with E-state index in [0.29, 0.717) is 40.4 Å². The van der Waals surface area contributed by atoms with Gasteiger partial charge in [-0.25, -0.2) is 9.97 Å². The predicted octanol–water partition coefficient (Wildman–Crippen LogP) is 4.95. The number of halogens is 1. The summed E-state index contributed by atoms with van der Waals surface area (Å²) >= 11 is 7.44. The third-order valence-electron chi connectivity index (χ3n) is 5.58. The lowest BCUT2D eigenvalue weighted by Gasteiger charge is -2.24. The molecule has 9 nitrogen and oxygen atoms in total. The summed E-state index contributed by atoms with van der Waals surface area (Å²) in [7, 11) is 4.93. The molecule has 1 N–H and O–H groups in total. The van der Waals surface area contributed by atoms with Gasteiger partial charge in [0.2, 0.25) is 5.95 Å². The lowest BCUT2D eigenvalue weighted by atomic mass is 10.0. The Morgan fingerprint density at radius 3 is 2.24 bits per heavy atom. The molecule has 0 aliphatic carbocycles. The van der Waals surface area contributed by atoms with E-state index < -0.39 is 5.60 Å². The van der Waals surface area contributed by atoms with Gasteiger partial charge in [-0.1, -0.05) is 31.5 Å². The standard InChI is InChI=1S/C23H31ClN6O3S/c1-14(21-25-12-16(24)13-26-21)15(2)34-29-22-28-27-19(11-23(3,4)33-7)30(22)20-17(31-5)9-8-10-18(20)32-6/h8-10,12-15H,11H2,1-7H3,(H,28,29). The Bertz CT molecular complexity index is 1070. The Morgan fingerprint density at radius 1 is 1.06 bits per heavy atom. The van der Waals surface area contributed by atoms with E-state index in [9.17, 15) is 0 Å². The van der Waals surface area contributed by atoms with Gasteiger partial charge in [-0.05, 0) is 37.9 Å². The second-order valence-electron chi connectivity index (χ2n) is 8.40. The molecular formula is C23H31ClN6O3S. The lowest BCUT2D eigenvalue weighted by Crippen LogP contribution is -2.27. The van der Waals surface area contributed by atoms with Crippen molar-refractivity contribution in [2.45, 2.75) is 50.9 Å². The summed E-state index contributed by atoms with van der Waals surface area (Å²) in [6, 6.07) is 5.63. The Kier molecular flexibility index (Phi) is 8.62. The van der Waals surface area contributed by atoms with E-state index in [1.807, 2.05) is 36.6 Å². The maximum Gasteiger partial charge on any atom is 0.239 e. The van der Waals surface area contributed by atoms with Crippen molar-refractivity contribution in [3.05, 3.63) is 47.3 Å². The minimum atomic E-state index is -0.446. The Labute approximate surface area is 209 Å². The molecule has 2 heterocycles. The summed E-state index contributed by atoms with van der Waals surface area (Å²) in [4.78, 5) is 8.71. The molecule has 184 valence electrons. The fraction of sp³-hybridized carbons (Fsp3) is 0.478. The second-order valence-corrected chi connectivity index (χ2v) is 10.0. The molecule has 11 heteroatoms. The molecule has 0 fully saturated rings. The number of aromatic nitrogens is 5. The number of ether oxygens (including phenoxy) is 3. The molecule has 1 aromatic carbocycles. The fourth-order valence-electron chi connectivity index (χ4n) is 3.25. The molecule has 0 radical (unpaired) electrons. The molecule has 3 aromatic rings. The number of nitrogens with zero attached hydrogens (tertiary/aromatic N) is 5. The topological polar surface area (TPSA) is 96.2 Å². The van der Waals surface area contributed by atoms with E-state index >= 15 is 0 Å². The van der Waals surface area contributed by atoms with Crippen LogP contribution in [0, 0.1) is 0 Å². The number of nitrogens with one attached hydrogen (secondary N) is 1. The van der Waals surface area contributed by atoms with Crippen LogP contribution in [0.25, 0.3) is 5.69 Å². The summed E-state index contributed by atoms with van der Waals surface area (Å²) in [5, 5.41) is 9.55. The molecule has 2 aromatic heterocycles. The fourth-order valence-corrected chi connectivity index (χ4v) is 4.10. The van der Waals surface area contributed by atoms with Gasteiger partial charge in [-0.15, -0.1) is 10.2 Å². The lowest BCUT2D eigenvalue weighted by molar-refractivity contribution is 0.0212. The van der Waals surface area contributed by atoms with Crippen LogP contribution in [0.15, 0.2) is 30.6 Å². The van der Waals surface area contributed by atoms with Crippen molar-refractivity contribution >= 4 is 29.5 Å². The number of para-hydroxylation sites is 1. The molecule has 0 saturated carbocycles. The predicted molar refractivity (Wildman–Crippen MR) is 135 cm³/mol. The highest BCUT2D eigenvalue weighted by Gasteiger charge is 2.27. The highest BCUT2D eigenvalue weighted by Crippen LogP contribution is 2.37. The zero-order chi connectivity index (χ0) is 24.9. The van der Waals surface area contributed by atoms with Crippen molar-refractivity contribution in [1.29, 1.82) is 0 Å². The number of benzene rings is 1. The van der Waals surface area contributed by atoms with Crippen LogP contribution in [-0.4, -0.2) is 56.9 Å². The van der Waals surface area contributed by atoms with Gasteiger partial charge in [0.05, 0.1) is 24.8 Å². The van der Waals surface area contributed by atoms with Gasteiger partial charge >= 0.3 is 0 Å². The first-order valence-electron chi connectivity index (χ1n) is 10.8. The molecule has 2 atom stereocenters. The third kappa shape index (κ3) is 5.92. The highest BCUT2D eigenvalue weighted by molar-refractivity contribution is 8.01. The first-order chi connectivity index (χ1) is 16.2. The molecule has 0 aliphatic rings. The summed E-state index contributed by atoms with van der Waals surface area (Å²) < 4.78 is 22.3. The highest BCUT2D eigenvalue weighted by atomic mass is 35.5. The van der Waals surface area contributed by atoms with Crippen molar-refractivity contribution in [3.8, 4) is 17.2 Å². The molecule has 0 aliphatic heterocycles. The van der Waals surface area contributed by atoms with Gasteiger partial charge in [-0.2, -0.15) is 0 Å². The van der Waals surface area contributed by atoms with Crippen molar-refractivity contribution in [3.63, 3.8) is 0 Å². The number of anilines is 1. The number of hydrogen-bond acceptors (Lipinski definition) is 9. The minimum absolute atomic E-state index is 0.0684. The number of rotatable bonds is 11. The van der Waals surface area contributed by atoms with Crippen molar-refractivity contribution in [1.82, 2.24) is 24.7 Å². The Balaban J connectivity index is 1.95. The molecule has 0 spiro atoms. The van der Waals surface area contributed by atoms with E-state index in [-0.39, 0.29) is 11.2 Å². The third-order valence-corrected chi connectivity index (χ3v) is 6.86. The molecular weight excluding hydrogens is 476 g/mol. The van der Waals surface area contributed by atoms with Crippen LogP contribution in [0.2, 0.25) is 5.02 Å². The van der Waals surface area contributed by atoms with Gasteiger partial charge in [0, 0.05) is 37.1 Å². The van der Waals surface area contributed by atoms with Gasteiger partial charge in [0.25, 0.3) is 0 Å². The maximum absolute atomic E-state index is 5.93. The van der Waals surface area contributed by atoms with E-state index in [1.165, 1.54) is 11.9 Å². The molecule has 3 rings (SSSR count). The Morgan fingerprint density at radius 2 is 1.68 bits per heavy atom. The first kappa shape index (κ1) is 26.1. The minimum Gasteiger partial charge on any atom is -0.494 e. The van der Waals surface area contributed by atoms with Crippen LogP contribution in [0.3, 0.4) is 0 Å². The van der Waals surface area contributed by atoms with E-state index in [0.717, 1.165) is 5.82 Å². The molecule has 0 bridgehead atoms. The van der Waals surface area contributed by atoms with Gasteiger partial charge in [-0.3, -0.25) is 9.29 Å². The van der Waals surface area contributed by atoms with Crippen LogP contribution < -0.4 is 14.2 Å². The van der Waals surface area contributed by atoms with Crippen LogP contribution in [0.1, 0.15) is 45.3 Å². The van der Waals surface area contributed by atoms with Crippen molar-refractivity contribution in [2.75, 3.05) is 26.1 Å². The molecule has 2 unspecified atom stereocenters. The molecule has 0 saturated heterocycles. The van der Waals surface area contributed by atoms with E-state index in [2.05, 4.69) is 38.7 Å². The quantitative estimate of drug-likeness (QED) is 0.362.